The van der Waals surface area contributed by atoms with Gasteiger partial charge in [-0.1, -0.05) is 51.9 Å². The van der Waals surface area contributed by atoms with Crippen LogP contribution in [0.15, 0.2) is 24.2 Å². The van der Waals surface area contributed by atoms with Crippen LogP contribution in [-0.4, -0.2) is 6.29 Å². The lowest BCUT2D eigenvalue weighted by molar-refractivity contribution is -0.110. The van der Waals surface area contributed by atoms with Crippen molar-refractivity contribution in [2.45, 2.75) is 39.5 Å². The van der Waals surface area contributed by atoms with E-state index in [1.165, 1.54) is 5.56 Å². The molecule has 0 N–H and O–H groups in total. The zero-order valence-corrected chi connectivity index (χ0v) is 10.0. The quantitative estimate of drug-likeness (QED) is 0.691. The molecule has 1 heteroatoms. The second-order valence-corrected chi connectivity index (χ2v) is 5.17. The van der Waals surface area contributed by atoms with E-state index < -0.39 is 0 Å². The van der Waals surface area contributed by atoms with Gasteiger partial charge in [-0.05, 0) is 23.0 Å². The van der Waals surface area contributed by atoms with Gasteiger partial charge in [-0.3, -0.25) is 0 Å². The van der Waals surface area contributed by atoms with Crippen molar-refractivity contribution in [1.82, 2.24) is 0 Å². The molecule has 0 saturated heterocycles. The molecule has 1 unspecified atom stereocenters. The molecule has 0 bridgehead atoms. The van der Waals surface area contributed by atoms with E-state index in [2.05, 4.69) is 26.8 Å². The van der Waals surface area contributed by atoms with Gasteiger partial charge < -0.3 is 4.79 Å². The predicted octanol–water partition coefficient (Wildman–Crippen LogP) is 3.36. The molecule has 1 nitrogen and oxygen atoms in total. The second-order valence-electron chi connectivity index (χ2n) is 5.17. The summed E-state index contributed by atoms with van der Waals surface area (Å²) in [6.07, 6.45) is 1.60. The highest BCUT2D eigenvalue weighted by Crippen LogP contribution is 2.22. The van der Waals surface area contributed by atoms with Crippen LogP contribution in [-0.2, 0) is 16.6 Å². The molecule has 0 amide bonds. The molecule has 1 atom stereocenters. The zero-order valence-electron chi connectivity index (χ0n) is 11.0. The van der Waals surface area contributed by atoms with Crippen LogP contribution in [0.5, 0.6) is 0 Å². The molecule has 0 radical (unpaired) electrons. The first-order valence-corrected chi connectivity index (χ1v) is 5.40. The molecule has 15 heavy (non-hydrogen) atoms. The van der Waals surface area contributed by atoms with E-state index in [9.17, 15) is 4.79 Å². The van der Waals surface area contributed by atoms with Crippen molar-refractivity contribution in [3.05, 3.63) is 35.4 Å². The Bertz CT molecular complexity index is 377. The van der Waals surface area contributed by atoms with Gasteiger partial charge in [0.05, 0.1) is 1.37 Å². The predicted molar refractivity (Wildman–Crippen MR) is 64.1 cm³/mol. The van der Waals surface area contributed by atoms with E-state index in [4.69, 9.17) is 1.37 Å². The van der Waals surface area contributed by atoms with Gasteiger partial charge in [-0.25, -0.2) is 0 Å². The van der Waals surface area contributed by atoms with E-state index in [0.29, 0.717) is 12.5 Å². The first-order chi connectivity index (χ1) is 7.34. The number of hydrogen-bond donors (Lipinski definition) is 0. The maximum absolute atomic E-state index is 10.6. The maximum atomic E-state index is 10.6. The molecule has 0 spiro atoms. The highest BCUT2D eigenvalue weighted by atomic mass is 16.1. The maximum Gasteiger partial charge on any atom is 0.123 e. The first kappa shape index (κ1) is 10.4. The van der Waals surface area contributed by atoms with Gasteiger partial charge in [0.2, 0.25) is 0 Å². The van der Waals surface area contributed by atoms with Crippen LogP contribution in [0.25, 0.3) is 0 Å². The summed E-state index contributed by atoms with van der Waals surface area (Å²) in [6.45, 7) is 8.28. The normalized spacial score (nSPS) is 14.5. The Hall–Kier alpha value is -1.11. The Kier molecular flexibility index (Phi) is 3.20. The molecule has 0 fully saturated rings. The lowest BCUT2D eigenvalue weighted by Crippen LogP contribution is -2.11. The Morgan fingerprint density at radius 1 is 1.40 bits per heavy atom. The third-order valence-corrected chi connectivity index (χ3v) is 2.52. The number of carbonyl (C=O) groups is 1. The Morgan fingerprint density at radius 3 is 2.53 bits per heavy atom. The summed E-state index contributed by atoms with van der Waals surface area (Å²) in [5.41, 5.74) is 2.19. The van der Waals surface area contributed by atoms with E-state index in [-0.39, 0.29) is 11.3 Å². The highest BCUT2D eigenvalue weighted by Gasteiger charge is 2.12. The molecule has 0 aliphatic heterocycles. The number of aldehydes is 1. The van der Waals surface area contributed by atoms with Crippen molar-refractivity contribution in [1.29, 1.82) is 0 Å². The van der Waals surface area contributed by atoms with Crippen LogP contribution in [0, 0.1) is 5.92 Å². The third kappa shape index (κ3) is 3.50. The molecule has 1 aromatic carbocycles. The molecule has 0 aliphatic carbocycles. The number of hydrogen-bond acceptors (Lipinski definition) is 1. The summed E-state index contributed by atoms with van der Waals surface area (Å²) in [4.78, 5) is 10.6. The van der Waals surface area contributed by atoms with Crippen LogP contribution in [0.1, 0.15) is 40.2 Å². The topological polar surface area (TPSA) is 17.1 Å². The molecular formula is C14H20O. The first-order valence-electron chi connectivity index (χ1n) is 5.90. The van der Waals surface area contributed by atoms with Gasteiger partial charge in [0.25, 0.3) is 0 Å². The van der Waals surface area contributed by atoms with Crippen molar-refractivity contribution >= 4 is 6.29 Å². The van der Waals surface area contributed by atoms with Crippen LogP contribution < -0.4 is 0 Å². The minimum Gasteiger partial charge on any atom is -0.303 e. The molecular weight excluding hydrogens is 184 g/mol. The fourth-order valence-electron chi connectivity index (χ4n) is 1.45. The van der Waals surface area contributed by atoms with Crippen LogP contribution in [0.4, 0.5) is 0 Å². The molecule has 0 aromatic heterocycles. The SMILES string of the molecule is [2H]c1cc(C(C)(C)C)ccc1CC(C)C=O. The van der Waals surface area contributed by atoms with Gasteiger partial charge >= 0.3 is 0 Å². The summed E-state index contributed by atoms with van der Waals surface area (Å²) in [5, 5.41) is 0. The van der Waals surface area contributed by atoms with E-state index in [1.807, 2.05) is 19.1 Å². The van der Waals surface area contributed by atoms with Crippen molar-refractivity contribution in [3.8, 4) is 0 Å². The highest BCUT2D eigenvalue weighted by molar-refractivity contribution is 5.53. The van der Waals surface area contributed by atoms with Gasteiger partial charge in [-0.15, -0.1) is 0 Å². The smallest absolute Gasteiger partial charge is 0.123 e. The van der Waals surface area contributed by atoms with Crippen LogP contribution in [0.2, 0.25) is 0 Å². The summed E-state index contributed by atoms with van der Waals surface area (Å²) in [7, 11) is 0. The van der Waals surface area contributed by atoms with Crippen molar-refractivity contribution < 1.29 is 6.17 Å². The minimum absolute atomic E-state index is 0.00964. The average molecular weight is 205 g/mol. The second kappa shape index (κ2) is 4.61. The summed E-state index contributed by atoms with van der Waals surface area (Å²) < 4.78 is 7.94. The van der Waals surface area contributed by atoms with E-state index in [1.54, 1.807) is 0 Å². The molecule has 1 aromatic rings. The van der Waals surface area contributed by atoms with E-state index in [0.717, 1.165) is 11.8 Å². The molecule has 0 heterocycles. The number of carbonyl (C=O) groups excluding carboxylic acids is 1. The monoisotopic (exact) mass is 205 g/mol. The average Bonchev–Trinajstić information content (AvgIpc) is 2.19. The molecule has 82 valence electrons. The Balaban J connectivity index is 2.96. The Labute approximate surface area is 93.9 Å². The summed E-state index contributed by atoms with van der Waals surface area (Å²) in [6, 6.07) is 6.49. The van der Waals surface area contributed by atoms with Gasteiger partial charge in [0, 0.05) is 5.92 Å². The van der Waals surface area contributed by atoms with Crippen molar-refractivity contribution in [2.24, 2.45) is 5.92 Å². The van der Waals surface area contributed by atoms with E-state index >= 15 is 0 Å². The summed E-state index contributed by atoms with van der Waals surface area (Å²) >= 11 is 0. The fourth-order valence-corrected chi connectivity index (χ4v) is 1.45. The lowest BCUT2D eigenvalue weighted by atomic mass is 9.86. The molecule has 0 saturated carbocycles. The molecule has 0 aliphatic rings. The van der Waals surface area contributed by atoms with Crippen molar-refractivity contribution in [2.75, 3.05) is 0 Å². The fraction of sp³-hybridized carbons (Fsp3) is 0.500. The Morgan fingerprint density at radius 2 is 2.07 bits per heavy atom. The lowest BCUT2D eigenvalue weighted by Gasteiger charge is -2.19. The van der Waals surface area contributed by atoms with Crippen LogP contribution >= 0.6 is 0 Å². The number of benzene rings is 1. The minimum atomic E-state index is -0.00964. The zero-order chi connectivity index (χ0) is 12.3. The standard InChI is InChI=1S/C14H20O/c1-11(10-15)9-12-5-7-13(8-6-12)14(2,3)4/h5-8,10-11H,9H2,1-4H3/i5D. The van der Waals surface area contributed by atoms with Gasteiger partial charge in [0.1, 0.15) is 6.29 Å². The third-order valence-electron chi connectivity index (χ3n) is 2.52. The van der Waals surface area contributed by atoms with Crippen LogP contribution in [0.3, 0.4) is 0 Å². The molecule has 1 rings (SSSR count). The van der Waals surface area contributed by atoms with Crippen molar-refractivity contribution in [3.63, 3.8) is 0 Å². The number of rotatable bonds is 3. The largest absolute Gasteiger partial charge is 0.303 e. The van der Waals surface area contributed by atoms with Gasteiger partial charge in [0.15, 0.2) is 0 Å². The van der Waals surface area contributed by atoms with Gasteiger partial charge in [-0.2, -0.15) is 0 Å². The summed E-state index contributed by atoms with van der Waals surface area (Å²) in [5.74, 6) is -0.00964.